The average molecular weight is 333 g/mol. The molecule has 0 aromatic heterocycles. The van der Waals surface area contributed by atoms with E-state index in [1.807, 2.05) is 0 Å². The molecule has 5 rings (SSSR count). The van der Waals surface area contributed by atoms with Crippen molar-refractivity contribution in [2.45, 2.75) is 70.1 Å². The van der Waals surface area contributed by atoms with E-state index in [2.05, 4.69) is 42.5 Å². The molecular weight excluding hydrogens is 300 g/mol. The van der Waals surface area contributed by atoms with Crippen LogP contribution < -0.4 is 0 Å². The van der Waals surface area contributed by atoms with Crippen LogP contribution >= 0.6 is 0 Å². The molecule has 0 saturated heterocycles. The van der Waals surface area contributed by atoms with Crippen molar-refractivity contribution in [3.8, 4) is 0 Å². The molecule has 2 aromatic carbocycles. The van der Waals surface area contributed by atoms with E-state index in [1.165, 1.54) is 75.0 Å². The van der Waals surface area contributed by atoms with Crippen molar-refractivity contribution in [3.63, 3.8) is 0 Å². The zero-order valence-electron chi connectivity index (χ0n) is 15.5. The summed E-state index contributed by atoms with van der Waals surface area (Å²) in [4.78, 5) is 0. The first-order valence-corrected chi connectivity index (χ1v) is 10.9. The predicted octanol–water partition coefficient (Wildman–Crippen LogP) is 7.33. The van der Waals surface area contributed by atoms with Crippen LogP contribution in [0.4, 0.5) is 0 Å². The molecule has 25 heavy (non-hydrogen) atoms. The van der Waals surface area contributed by atoms with Crippen LogP contribution in [0.15, 0.2) is 42.5 Å². The first-order chi connectivity index (χ1) is 12.4. The second-order valence-electron chi connectivity index (χ2n) is 9.07. The van der Waals surface area contributed by atoms with Crippen LogP contribution in [0.3, 0.4) is 0 Å². The van der Waals surface area contributed by atoms with Gasteiger partial charge in [-0.25, -0.2) is 0 Å². The lowest BCUT2D eigenvalue weighted by molar-refractivity contribution is -0.000872. The Morgan fingerprint density at radius 3 is 2.08 bits per heavy atom. The summed E-state index contributed by atoms with van der Waals surface area (Å²) >= 11 is 0. The molecule has 0 heterocycles. The molecule has 3 aliphatic carbocycles. The Morgan fingerprint density at radius 1 is 0.560 bits per heavy atom. The smallest absolute Gasteiger partial charge is 0.0125 e. The summed E-state index contributed by atoms with van der Waals surface area (Å²) in [5, 5.41) is 2.95. The molecule has 3 fully saturated rings. The van der Waals surface area contributed by atoms with Crippen LogP contribution in [0.25, 0.3) is 10.8 Å². The fourth-order valence-electron chi connectivity index (χ4n) is 6.67. The fraction of sp³-hybridized carbons (Fsp3) is 0.600. The van der Waals surface area contributed by atoms with Gasteiger partial charge in [-0.15, -0.1) is 0 Å². The Kier molecular flexibility index (Phi) is 4.32. The van der Waals surface area contributed by atoms with Crippen molar-refractivity contribution in [1.29, 1.82) is 0 Å². The van der Waals surface area contributed by atoms with Gasteiger partial charge in [0.25, 0.3) is 0 Å². The molecule has 0 radical (unpaired) electrons. The molecule has 0 bridgehead atoms. The van der Waals surface area contributed by atoms with Gasteiger partial charge in [-0.05, 0) is 71.6 Å². The van der Waals surface area contributed by atoms with Gasteiger partial charge in [0.05, 0.1) is 0 Å². The minimum absolute atomic E-state index is 0.826. The summed E-state index contributed by atoms with van der Waals surface area (Å²) in [5.41, 5.74) is 1.66. The van der Waals surface area contributed by atoms with Crippen LogP contribution in [0.2, 0.25) is 0 Å². The van der Waals surface area contributed by atoms with Gasteiger partial charge in [0, 0.05) is 0 Å². The summed E-state index contributed by atoms with van der Waals surface area (Å²) in [6.45, 7) is 0. The Bertz CT molecular complexity index is 716. The van der Waals surface area contributed by atoms with Gasteiger partial charge in [-0.3, -0.25) is 0 Å². The quantitative estimate of drug-likeness (QED) is 0.505. The van der Waals surface area contributed by atoms with E-state index in [0.29, 0.717) is 0 Å². The van der Waals surface area contributed by atoms with Gasteiger partial charge in [0.1, 0.15) is 0 Å². The first kappa shape index (κ1) is 15.9. The molecule has 132 valence electrons. The minimum Gasteiger partial charge on any atom is -0.0616 e. The van der Waals surface area contributed by atoms with E-state index in [4.69, 9.17) is 0 Å². The minimum atomic E-state index is 0.826. The van der Waals surface area contributed by atoms with E-state index in [-0.39, 0.29) is 0 Å². The number of hydrogen-bond acceptors (Lipinski definition) is 0. The van der Waals surface area contributed by atoms with Crippen molar-refractivity contribution >= 4 is 10.8 Å². The first-order valence-electron chi connectivity index (χ1n) is 10.9. The Hall–Kier alpha value is -1.30. The summed E-state index contributed by atoms with van der Waals surface area (Å²) in [5.74, 6) is 4.97. The van der Waals surface area contributed by atoms with Crippen molar-refractivity contribution in [2.75, 3.05) is 0 Å². The van der Waals surface area contributed by atoms with Gasteiger partial charge < -0.3 is 0 Å². The Labute approximate surface area is 153 Å². The molecule has 4 atom stereocenters. The average Bonchev–Trinajstić information content (AvgIpc) is 2.91. The topological polar surface area (TPSA) is 0 Å². The SMILES string of the molecule is c1ccc2c(C3CCC(C4CCCCCC4)C4CCC34)cccc2c1. The standard InChI is InChI=1S/C25H32/c1-2-4-9-18(8-3-1)21-14-15-24(25-17-16-23(21)25)22-13-7-11-19-10-5-6-12-20(19)22/h5-7,10-13,18,21,23-25H,1-4,8-9,14-17H2. The van der Waals surface area contributed by atoms with E-state index in [9.17, 15) is 0 Å². The van der Waals surface area contributed by atoms with Gasteiger partial charge in [-0.1, -0.05) is 81.0 Å². The zero-order chi connectivity index (χ0) is 16.6. The summed E-state index contributed by atoms with van der Waals surface area (Å²) < 4.78 is 0. The molecule has 0 amide bonds. The lowest BCUT2D eigenvalue weighted by Gasteiger charge is -2.53. The lowest BCUT2D eigenvalue weighted by Crippen LogP contribution is -2.43. The third-order valence-electron chi connectivity index (χ3n) is 7.99. The van der Waals surface area contributed by atoms with Crippen LogP contribution in [0.1, 0.15) is 75.7 Å². The summed E-state index contributed by atoms with van der Waals surface area (Å²) in [7, 11) is 0. The highest BCUT2D eigenvalue weighted by molar-refractivity contribution is 5.86. The molecule has 3 aliphatic rings. The number of rotatable bonds is 2. The second kappa shape index (κ2) is 6.78. The Balaban J connectivity index is 1.41. The van der Waals surface area contributed by atoms with Crippen molar-refractivity contribution in [2.24, 2.45) is 23.7 Å². The number of fused-ring (bicyclic) bond motifs is 2. The maximum atomic E-state index is 2.44. The normalized spacial score (nSPS) is 33.4. The fourth-order valence-corrected chi connectivity index (χ4v) is 6.67. The van der Waals surface area contributed by atoms with Crippen LogP contribution in [0.5, 0.6) is 0 Å². The van der Waals surface area contributed by atoms with Crippen LogP contribution in [0, 0.1) is 23.7 Å². The van der Waals surface area contributed by atoms with Gasteiger partial charge in [-0.2, -0.15) is 0 Å². The molecular formula is C25H32. The number of hydrogen-bond donors (Lipinski definition) is 0. The van der Waals surface area contributed by atoms with Crippen molar-refractivity contribution < 1.29 is 0 Å². The second-order valence-corrected chi connectivity index (χ2v) is 9.07. The van der Waals surface area contributed by atoms with Crippen molar-refractivity contribution in [3.05, 3.63) is 48.0 Å². The Morgan fingerprint density at radius 2 is 1.28 bits per heavy atom. The van der Waals surface area contributed by atoms with Crippen LogP contribution in [-0.2, 0) is 0 Å². The molecule has 0 N–H and O–H groups in total. The molecule has 0 nitrogen and oxygen atoms in total. The number of benzene rings is 2. The van der Waals surface area contributed by atoms with Crippen molar-refractivity contribution in [1.82, 2.24) is 0 Å². The van der Waals surface area contributed by atoms with Gasteiger partial charge >= 0.3 is 0 Å². The van der Waals surface area contributed by atoms with Gasteiger partial charge in [0.15, 0.2) is 0 Å². The molecule has 4 unspecified atom stereocenters. The molecule has 2 aromatic rings. The van der Waals surface area contributed by atoms with E-state index in [1.54, 1.807) is 5.56 Å². The third-order valence-corrected chi connectivity index (χ3v) is 7.99. The maximum Gasteiger partial charge on any atom is -0.0125 e. The van der Waals surface area contributed by atoms with E-state index >= 15 is 0 Å². The van der Waals surface area contributed by atoms with Gasteiger partial charge in [0.2, 0.25) is 0 Å². The molecule has 3 saturated carbocycles. The van der Waals surface area contributed by atoms with E-state index in [0.717, 1.165) is 29.6 Å². The lowest BCUT2D eigenvalue weighted by atomic mass is 9.52. The largest absolute Gasteiger partial charge is 0.0616 e. The summed E-state index contributed by atoms with van der Waals surface area (Å²) in [6.07, 6.45) is 15.0. The summed E-state index contributed by atoms with van der Waals surface area (Å²) in [6, 6.07) is 16.1. The highest BCUT2D eigenvalue weighted by Gasteiger charge is 2.47. The highest BCUT2D eigenvalue weighted by Crippen LogP contribution is 2.58. The molecule has 0 aliphatic heterocycles. The highest BCUT2D eigenvalue weighted by atomic mass is 14.5. The zero-order valence-corrected chi connectivity index (χ0v) is 15.5. The molecule has 0 heteroatoms. The monoisotopic (exact) mass is 332 g/mol. The van der Waals surface area contributed by atoms with E-state index < -0.39 is 0 Å². The van der Waals surface area contributed by atoms with Crippen LogP contribution in [-0.4, -0.2) is 0 Å². The predicted molar refractivity (Wildman–Crippen MR) is 107 cm³/mol. The third kappa shape index (κ3) is 2.82. The maximum absolute atomic E-state index is 2.44. The molecule has 0 spiro atoms.